The monoisotopic (exact) mass is 324 g/mol. The molecule has 1 N–H and O–H groups in total. The predicted octanol–water partition coefficient (Wildman–Crippen LogP) is 2.52. The van der Waals surface area contributed by atoms with Crippen molar-refractivity contribution < 1.29 is 24.0 Å². The molecule has 0 fully saturated rings. The van der Waals surface area contributed by atoms with Crippen LogP contribution in [0.4, 0.5) is 11.4 Å². The number of esters is 1. The van der Waals surface area contributed by atoms with Gasteiger partial charge in [-0.25, -0.2) is 0 Å². The number of amides is 1. The van der Waals surface area contributed by atoms with Crippen molar-refractivity contribution >= 4 is 23.3 Å². The molecule has 8 nitrogen and oxygen atoms in total. The fourth-order valence-electron chi connectivity index (χ4n) is 1.71. The summed E-state index contributed by atoms with van der Waals surface area (Å²) in [5, 5.41) is 13.4. The summed E-state index contributed by atoms with van der Waals surface area (Å²) in [6, 6.07) is 4.03. The maximum absolute atomic E-state index is 11.8. The van der Waals surface area contributed by atoms with Crippen LogP contribution in [0.2, 0.25) is 0 Å². The van der Waals surface area contributed by atoms with Crippen LogP contribution in [0.1, 0.15) is 27.2 Å². The van der Waals surface area contributed by atoms with E-state index >= 15 is 0 Å². The standard InChI is InChI=1S/C15H20N2O6/c1-15(2,3)8-14(19)23-9-13(18)16-11-6-5-10(22-4)7-12(11)17(20)21/h5-7H,8-9H2,1-4H3,(H,16,18). The smallest absolute Gasteiger partial charge is 0.306 e. The van der Waals surface area contributed by atoms with Crippen molar-refractivity contribution in [2.75, 3.05) is 19.0 Å². The number of benzene rings is 1. The zero-order valence-corrected chi connectivity index (χ0v) is 13.5. The van der Waals surface area contributed by atoms with E-state index in [4.69, 9.17) is 9.47 Å². The molecule has 0 radical (unpaired) electrons. The van der Waals surface area contributed by atoms with Gasteiger partial charge in [-0.2, -0.15) is 0 Å². The summed E-state index contributed by atoms with van der Waals surface area (Å²) in [6.07, 6.45) is 0.170. The van der Waals surface area contributed by atoms with E-state index < -0.39 is 23.4 Å². The average molecular weight is 324 g/mol. The lowest BCUT2D eigenvalue weighted by molar-refractivity contribution is -0.384. The number of carbonyl (C=O) groups excluding carboxylic acids is 2. The first-order chi connectivity index (χ1) is 10.6. The van der Waals surface area contributed by atoms with E-state index in [1.54, 1.807) is 0 Å². The molecule has 0 unspecified atom stereocenters. The quantitative estimate of drug-likeness (QED) is 0.489. The Hall–Kier alpha value is -2.64. The van der Waals surface area contributed by atoms with Gasteiger partial charge in [-0.1, -0.05) is 20.8 Å². The summed E-state index contributed by atoms with van der Waals surface area (Å²) in [6.45, 7) is 5.11. The number of nitro groups is 1. The van der Waals surface area contributed by atoms with Gasteiger partial charge in [0.05, 0.1) is 24.5 Å². The molecule has 0 atom stereocenters. The van der Waals surface area contributed by atoms with Gasteiger partial charge in [-0.05, 0) is 17.5 Å². The maximum Gasteiger partial charge on any atom is 0.306 e. The summed E-state index contributed by atoms with van der Waals surface area (Å²) >= 11 is 0. The third-order valence-corrected chi connectivity index (χ3v) is 2.71. The summed E-state index contributed by atoms with van der Waals surface area (Å²) < 4.78 is 9.76. The summed E-state index contributed by atoms with van der Waals surface area (Å²) in [5.74, 6) is -0.858. The average Bonchev–Trinajstić information content (AvgIpc) is 2.43. The fraction of sp³-hybridized carbons (Fsp3) is 0.467. The summed E-state index contributed by atoms with van der Waals surface area (Å²) in [7, 11) is 1.38. The highest BCUT2D eigenvalue weighted by atomic mass is 16.6. The largest absolute Gasteiger partial charge is 0.496 e. The molecule has 0 saturated carbocycles. The van der Waals surface area contributed by atoms with Crippen LogP contribution in [-0.2, 0) is 14.3 Å². The molecule has 0 aliphatic rings. The van der Waals surface area contributed by atoms with Gasteiger partial charge < -0.3 is 14.8 Å². The lowest BCUT2D eigenvalue weighted by Crippen LogP contribution is -2.23. The normalized spacial score (nSPS) is 10.8. The number of anilines is 1. The number of nitro benzene ring substituents is 1. The Bertz CT molecular complexity index is 606. The van der Waals surface area contributed by atoms with Crippen LogP contribution in [0.25, 0.3) is 0 Å². The van der Waals surface area contributed by atoms with Crippen molar-refractivity contribution in [3.05, 3.63) is 28.3 Å². The molecular weight excluding hydrogens is 304 g/mol. The number of nitrogens with one attached hydrogen (secondary N) is 1. The van der Waals surface area contributed by atoms with Gasteiger partial charge in [-0.15, -0.1) is 0 Å². The number of nitrogens with zero attached hydrogens (tertiary/aromatic N) is 1. The number of hydrogen-bond donors (Lipinski definition) is 1. The highest BCUT2D eigenvalue weighted by Gasteiger charge is 2.20. The maximum atomic E-state index is 11.8. The van der Waals surface area contributed by atoms with E-state index in [1.165, 1.54) is 25.3 Å². The zero-order chi connectivity index (χ0) is 17.6. The van der Waals surface area contributed by atoms with E-state index in [0.717, 1.165) is 0 Å². The molecule has 1 aromatic carbocycles. The van der Waals surface area contributed by atoms with Gasteiger partial charge in [0.1, 0.15) is 11.4 Å². The van der Waals surface area contributed by atoms with Crippen LogP contribution >= 0.6 is 0 Å². The van der Waals surface area contributed by atoms with Crippen LogP contribution in [0.3, 0.4) is 0 Å². The molecule has 0 aliphatic heterocycles. The number of methoxy groups -OCH3 is 1. The van der Waals surface area contributed by atoms with Gasteiger partial charge in [0, 0.05) is 0 Å². The van der Waals surface area contributed by atoms with Crippen LogP contribution in [0, 0.1) is 15.5 Å². The van der Waals surface area contributed by atoms with E-state index in [2.05, 4.69) is 5.32 Å². The molecule has 23 heavy (non-hydrogen) atoms. The first kappa shape index (κ1) is 18.4. The number of hydrogen-bond acceptors (Lipinski definition) is 6. The molecule has 1 amide bonds. The molecular formula is C15H20N2O6. The number of ether oxygens (including phenoxy) is 2. The van der Waals surface area contributed by atoms with E-state index in [9.17, 15) is 19.7 Å². The van der Waals surface area contributed by atoms with Crippen LogP contribution < -0.4 is 10.1 Å². The molecule has 1 aromatic rings. The second kappa shape index (κ2) is 7.57. The molecule has 0 aliphatic carbocycles. The van der Waals surface area contributed by atoms with E-state index in [0.29, 0.717) is 5.75 Å². The second-order valence-electron chi connectivity index (χ2n) is 6.09. The van der Waals surface area contributed by atoms with Crippen molar-refractivity contribution in [3.63, 3.8) is 0 Å². The lowest BCUT2D eigenvalue weighted by atomic mass is 9.92. The Kier molecular flexibility index (Phi) is 6.06. The highest BCUT2D eigenvalue weighted by molar-refractivity contribution is 5.95. The van der Waals surface area contributed by atoms with Gasteiger partial charge in [0.25, 0.3) is 11.6 Å². The minimum atomic E-state index is -0.652. The van der Waals surface area contributed by atoms with Gasteiger partial charge in [0.15, 0.2) is 6.61 Å². The van der Waals surface area contributed by atoms with Crippen molar-refractivity contribution in [2.45, 2.75) is 27.2 Å². The van der Waals surface area contributed by atoms with Crippen LogP contribution in [0.5, 0.6) is 5.75 Å². The van der Waals surface area contributed by atoms with Crippen molar-refractivity contribution in [1.82, 2.24) is 0 Å². The fourth-order valence-corrected chi connectivity index (χ4v) is 1.71. The molecule has 8 heteroatoms. The molecule has 126 valence electrons. The van der Waals surface area contributed by atoms with Crippen LogP contribution in [-0.4, -0.2) is 30.5 Å². The Morgan fingerprint density at radius 2 is 1.96 bits per heavy atom. The third-order valence-electron chi connectivity index (χ3n) is 2.71. The van der Waals surface area contributed by atoms with E-state index in [1.807, 2.05) is 20.8 Å². The minimum Gasteiger partial charge on any atom is -0.496 e. The molecule has 0 aromatic heterocycles. The van der Waals surface area contributed by atoms with Crippen molar-refractivity contribution in [1.29, 1.82) is 0 Å². The minimum absolute atomic E-state index is 0.00710. The first-order valence-electron chi connectivity index (χ1n) is 6.90. The van der Waals surface area contributed by atoms with E-state index in [-0.39, 0.29) is 23.2 Å². The summed E-state index contributed by atoms with van der Waals surface area (Å²) in [4.78, 5) is 33.7. The predicted molar refractivity (Wildman–Crippen MR) is 83.3 cm³/mol. The Labute approximate surface area is 133 Å². The lowest BCUT2D eigenvalue weighted by Gasteiger charge is -2.16. The second-order valence-corrected chi connectivity index (χ2v) is 6.09. The van der Waals surface area contributed by atoms with Crippen molar-refractivity contribution in [2.24, 2.45) is 5.41 Å². The first-order valence-corrected chi connectivity index (χ1v) is 6.90. The Balaban J connectivity index is 2.67. The molecule has 0 saturated heterocycles. The molecule has 0 spiro atoms. The highest BCUT2D eigenvalue weighted by Crippen LogP contribution is 2.28. The van der Waals surface area contributed by atoms with Crippen molar-refractivity contribution in [3.8, 4) is 5.75 Å². The Morgan fingerprint density at radius 3 is 2.48 bits per heavy atom. The summed E-state index contributed by atoms with van der Waals surface area (Å²) in [5.41, 5.74) is -0.547. The SMILES string of the molecule is COc1ccc(NC(=O)COC(=O)CC(C)(C)C)c([N+](=O)[O-])c1. The van der Waals surface area contributed by atoms with Gasteiger partial charge in [0.2, 0.25) is 0 Å². The third kappa shape index (κ3) is 6.33. The number of carbonyl (C=O) groups is 2. The molecule has 0 bridgehead atoms. The zero-order valence-electron chi connectivity index (χ0n) is 13.5. The van der Waals surface area contributed by atoms with Gasteiger partial charge >= 0.3 is 5.97 Å². The van der Waals surface area contributed by atoms with Crippen LogP contribution in [0.15, 0.2) is 18.2 Å². The molecule has 0 heterocycles. The Morgan fingerprint density at radius 1 is 1.30 bits per heavy atom. The topological polar surface area (TPSA) is 108 Å². The molecule has 1 rings (SSSR count). The van der Waals surface area contributed by atoms with Gasteiger partial charge in [-0.3, -0.25) is 19.7 Å². The number of rotatable bonds is 6.